The van der Waals surface area contributed by atoms with E-state index in [1.165, 1.54) is 18.5 Å². The first kappa shape index (κ1) is 14.3. The van der Waals surface area contributed by atoms with Crippen LogP contribution < -0.4 is 5.32 Å². The van der Waals surface area contributed by atoms with E-state index < -0.39 is 0 Å². The van der Waals surface area contributed by atoms with Gasteiger partial charge in [-0.05, 0) is 18.2 Å². The van der Waals surface area contributed by atoms with Crippen LogP contribution in [0, 0.1) is 23.2 Å². The predicted molar refractivity (Wildman–Crippen MR) is 77.3 cm³/mol. The molecule has 5 nitrogen and oxygen atoms in total. The molecular weight excluding hydrogens is 266 g/mol. The number of nitrogens with one attached hydrogen (secondary N) is 1. The molecule has 0 spiro atoms. The highest BCUT2D eigenvalue weighted by molar-refractivity contribution is 6.06. The molecule has 2 aromatic rings. The number of anilines is 1. The molecule has 2 N–H and O–H groups in total. The van der Waals surface area contributed by atoms with Gasteiger partial charge in [0.05, 0.1) is 22.4 Å². The lowest BCUT2D eigenvalue weighted by atomic mass is 10.1. The molecule has 2 rings (SSSR count). The van der Waals surface area contributed by atoms with Gasteiger partial charge in [-0.25, -0.2) is 0 Å². The van der Waals surface area contributed by atoms with E-state index in [0.717, 1.165) is 0 Å². The van der Waals surface area contributed by atoms with Gasteiger partial charge in [0.25, 0.3) is 5.91 Å². The van der Waals surface area contributed by atoms with E-state index in [1.807, 2.05) is 6.07 Å². The lowest BCUT2D eigenvalue weighted by Gasteiger charge is -2.07. The molecule has 1 heterocycles. The summed E-state index contributed by atoms with van der Waals surface area (Å²) in [5.74, 6) is 4.76. The third kappa shape index (κ3) is 3.44. The second kappa shape index (κ2) is 6.85. The van der Waals surface area contributed by atoms with Crippen molar-refractivity contribution < 1.29 is 9.90 Å². The second-order valence-corrected chi connectivity index (χ2v) is 3.99. The molecule has 0 saturated heterocycles. The molecule has 0 saturated carbocycles. The number of pyridine rings is 1. The predicted octanol–water partition coefficient (Wildman–Crippen LogP) is 1.55. The van der Waals surface area contributed by atoms with E-state index in [-0.39, 0.29) is 12.5 Å². The van der Waals surface area contributed by atoms with Gasteiger partial charge in [0, 0.05) is 12.4 Å². The van der Waals surface area contributed by atoms with Crippen molar-refractivity contribution in [1.29, 1.82) is 5.26 Å². The van der Waals surface area contributed by atoms with Crippen molar-refractivity contribution >= 4 is 11.6 Å². The average molecular weight is 277 g/mol. The largest absolute Gasteiger partial charge is 0.384 e. The van der Waals surface area contributed by atoms with E-state index in [0.29, 0.717) is 22.4 Å². The summed E-state index contributed by atoms with van der Waals surface area (Å²) in [6, 6.07) is 10.3. The normalized spacial score (nSPS) is 9.14. The Hall–Kier alpha value is -3.15. The zero-order chi connectivity index (χ0) is 15.1. The molecule has 0 atom stereocenters. The van der Waals surface area contributed by atoms with Crippen molar-refractivity contribution in [3.63, 3.8) is 0 Å². The number of amides is 1. The van der Waals surface area contributed by atoms with Gasteiger partial charge in [0.1, 0.15) is 12.7 Å². The van der Waals surface area contributed by atoms with Crippen LogP contribution in [0.4, 0.5) is 5.69 Å². The number of benzene rings is 1. The van der Waals surface area contributed by atoms with Crippen LogP contribution in [0.3, 0.4) is 0 Å². The van der Waals surface area contributed by atoms with E-state index in [1.54, 1.807) is 24.3 Å². The minimum Gasteiger partial charge on any atom is -0.384 e. The third-order valence-corrected chi connectivity index (χ3v) is 2.66. The summed E-state index contributed by atoms with van der Waals surface area (Å²) in [5, 5.41) is 20.4. The van der Waals surface area contributed by atoms with Gasteiger partial charge < -0.3 is 10.4 Å². The standard InChI is InChI=1S/C16H11N3O2/c17-10-12-4-1-2-6-15(12)19-16(21)14-7-8-18-11-13(14)5-3-9-20/h1-2,4,6-8,11,20H,9H2,(H,19,21). The maximum Gasteiger partial charge on any atom is 0.257 e. The third-order valence-electron chi connectivity index (χ3n) is 2.66. The summed E-state index contributed by atoms with van der Waals surface area (Å²) >= 11 is 0. The van der Waals surface area contributed by atoms with Gasteiger partial charge in [-0.1, -0.05) is 24.0 Å². The first-order valence-electron chi connectivity index (χ1n) is 6.10. The average Bonchev–Trinajstić information content (AvgIpc) is 2.53. The first-order chi connectivity index (χ1) is 10.3. The van der Waals surface area contributed by atoms with Crippen molar-refractivity contribution in [3.05, 3.63) is 59.4 Å². The zero-order valence-corrected chi connectivity index (χ0v) is 11.0. The molecule has 0 fully saturated rings. The van der Waals surface area contributed by atoms with Gasteiger partial charge >= 0.3 is 0 Å². The molecule has 0 aliphatic rings. The van der Waals surface area contributed by atoms with Crippen LogP contribution in [-0.2, 0) is 0 Å². The maximum absolute atomic E-state index is 12.3. The van der Waals surface area contributed by atoms with Crippen molar-refractivity contribution in [2.24, 2.45) is 0 Å². The van der Waals surface area contributed by atoms with Crippen molar-refractivity contribution in [2.45, 2.75) is 0 Å². The first-order valence-corrected chi connectivity index (χ1v) is 6.10. The minimum absolute atomic E-state index is 0.298. The van der Waals surface area contributed by atoms with Crippen molar-refractivity contribution in [1.82, 2.24) is 4.98 Å². The highest BCUT2D eigenvalue weighted by atomic mass is 16.2. The number of nitriles is 1. The highest BCUT2D eigenvalue weighted by Crippen LogP contribution is 2.16. The number of aliphatic hydroxyl groups is 1. The molecule has 21 heavy (non-hydrogen) atoms. The Morgan fingerprint density at radius 2 is 2.10 bits per heavy atom. The fourth-order valence-corrected chi connectivity index (χ4v) is 1.71. The summed E-state index contributed by atoms with van der Waals surface area (Å²) in [5.41, 5.74) is 1.56. The van der Waals surface area contributed by atoms with Crippen molar-refractivity contribution in [2.75, 3.05) is 11.9 Å². The lowest BCUT2D eigenvalue weighted by molar-refractivity contribution is 0.102. The molecular formula is C16H11N3O2. The number of carbonyl (C=O) groups excluding carboxylic acids is 1. The zero-order valence-electron chi connectivity index (χ0n) is 11.0. The smallest absolute Gasteiger partial charge is 0.257 e. The highest BCUT2D eigenvalue weighted by Gasteiger charge is 2.12. The molecule has 102 valence electrons. The van der Waals surface area contributed by atoms with Gasteiger partial charge in [-0.2, -0.15) is 5.26 Å². The fourth-order valence-electron chi connectivity index (χ4n) is 1.71. The Labute approximate surface area is 121 Å². The number of hydrogen-bond acceptors (Lipinski definition) is 4. The Bertz CT molecular complexity index is 767. The summed E-state index contributed by atoms with van der Waals surface area (Å²) in [7, 11) is 0. The number of aliphatic hydroxyl groups excluding tert-OH is 1. The van der Waals surface area contributed by atoms with E-state index >= 15 is 0 Å². The van der Waals surface area contributed by atoms with Gasteiger partial charge in [-0.3, -0.25) is 9.78 Å². The Morgan fingerprint density at radius 3 is 2.86 bits per heavy atom. The van der Waals surface area contributed by atoms with Crippen LogP contribution in [-0.4, -0.2) is 22.6 Å². The van der Waals surface area contributed by atoms with E-state index in [2.05, 4.69) is 22.1 Å². The van der Waals surface area contributed by atoms with Crippen LogP contribution in [0.1, 0.15) is 21.5 Å². The van der Waals surface area contributed by atoms with Crippen LogP contribution in [0.5, 0.6) is 0 Å². The monoisotopic (exact) mass is 277 g/mol. The van der Waals surface area contributed by atoms with E-state index in [9.17, 15) is 4.79 Å². The number of carbonyl (C=O) groups is 1. The molecule has 0 aliphatic heterocycles. The van der Waals surface area contributed by atoms with E-state index in [4.69, 9.17) is 10.4 Å². The number of rotatable bonds is 2. The quantitative estimate of drug-likeness (QED) is 0.815. The Morgan fingerprint density at radius 1 is 1.29 bits per heavy atom. The number of nitrogens with zero attached hydrogens (tertiary/aromatic N) is 2. The maximum atomic E-state index is 12.3. The summed E-state index contributed by atoms with van der Waals surface area (Å²) in [6.07, 6.45) is 2.93. The van der Waals surface area contributed by atoms with Crippen LogP contribution in [0.15, 0.2) is 42.7 Å². The van der Waals surface area contributed by atoms with Gasteiger partial charge in [-0.15, -0.1) is 0 Å². The molecule has 1 amide bonds. The van der Waals surface area contributed by atoms with Gasteiger partial charge in [0.2, 0.25) is 0 Å². The fraction of sp³-hybridized carbons (Fsp3) is 0.0625. The summed E-state index contributed by atoms with van der Waals surface area (Å²) < 4.78 is 0. The topological polar surface area (TPSA) is 86.0 Å². The molecule has 0 radical (unpaired) electrons. The lowest BCUT2D eigenvalue weighted by Crippen LogP contribution is -2.14. The Kier molecular flexibility index (Phi) is 4.66. The molecule has 0 unspecified atom stereocenters. The van der Waals surface area contributed by atoms with Crippen LogP contribution in [0.25, 0.3) is 0 Å². The molecule has 1 aromatic heterocycles. The van der Waals surface area contributed by atoms with Crippen LogP contribution >= 0.6 is 0 Å². The van der Waals surface area contributed by atoms with Crippen molar-refractivity contribution in [3.8, 4) is 17.9 Å². The second-order valence-electron chi connectivity index (χ2n) is 3.99. The Balaban J connectivity index is 2.31. The molecule has 0 aliphatic carbocycles. The molecule has 0 bridgehead atoms. The molecule has 1 aromatic carbocycles. The van der Waals surface area contributed by atoms with Gasteiger partial charge in [0.15, 0.2) is 0 Å². The number of para-hydroxylation sites is 1. The summed E-state index contributed by atoms with van der Waals surface area (Å²) in [6.45, 7) is -0.298. The summed E-state index contributed by atoms with van der Waals surface area (Å²) in [4.78, 5) is 16.2. The minimum atomic E-state index is -0.387. The molecule has 5 heteroatoms. The van der Waals surface area contributed by atoms with Crippen LogP contribution in [0.2, 0.25) is 0 Å². The number of aromatic nitrogens is 1. The number of hydrogen-bond donors (Lipinski definition) is 2. The SMILES string of the molecule is N#Cc1ccccc1NC(=O)c1ccncc1C#CCO.